The van der Waals surface area contributed by atoms with Gasteiger partial charge in [0.2, 0.25) is 0 Å². The number of hydrogen-bond acceptors (Lipinski definition) is 3. The highest BCUT2D eigenvalue weighted by molar-refractivity contribution is 5.07. The molecule has 3 aromatic heterocycles. The Labute approximate surface area is 178 Å². The zero-order valence-corrected chi connectivity index (χ0v) is 18.3. The van der Waals surface area contributed by atoms with Crippen molar-refractivity contribution in [3.05, 3.63) is 54.7 Å². The van der Waals surface area contributed by atoms with E-state index in [0.717, 1.165) is 5.82 Å². The number of nitrogens with one attached hydrogen (secondary N) is 3. The minimum Gasteiger partial charge on any atom is -0.348 e. The first-order chi connectivity index (χ1) is 12.3. The Morgan fingerprint density at radius 3 is 1.17 bits per heavy atom. The maximum absolute atomic E-state index is 4.13. The molecule has 0 bridgehead atoms. The molecule has 0 radical (unpaired) electrons. The van der Waals surface area contributed by atoms with Crippen molar-refractivity contribution in [1.29, 1.82) is 0 Å². The first-order valence-corrected chi connectivity index (χ1v) is 9.29. The molecule has 3 N–H and O–H groups in total. The van der Waals surface area contributed by atoms with Crippen molar-refractivity contribution in [3.8, 4) is 0 Å². The van der Waals surface area contributed by atoms with Crippen LogP contribution in [0.1, 0.15) is 94.4 Å². The highest BCUT2D eigenvalue weighted by Gasteiger charge is 2.15. The van der Waals surface area contributed by atoms with Crippen molar-refractivity contribution < 1.29 is 0 Å². The van der Waals surface area contributed by atoms with E-state index in [4.69, 9.17) is 0 Å². The third-order valence-electron chi connectivity index (χ3n) is 3.82. The number of nitrogens with zero attached hydrogens (tertiary/aromatic N) is 3. The number of rotatable bonds is 0. The second kappa shape index (κ2) is 11.6. The molecule has 3 rings (SSSR count). The van der Waals surface area contributed by atoms with Crippen LogP contribution >= 0.6 is 0 Å². The molecule has 29 heavy (non-hydrogen) atoms. The fourth-order valence-corrected chi connectivity index (χ4v) is 2.01. The van der Waals surface area contributed by atoms with Crippen LogP contribution in [0.5, 0.6) is 0 Å². The number of H-pyrrole nitrogens is 3. The molecule has 6 heteroatoms. The van der Waals surface area contributed by atoms with E-state index >= 15 is 0 Å². The smallest absolute Gasteiger partial charge is 0.111 e. The number of aromatic nitrogens is 6. The van der Waals surface area contributed by atoms with Crippen LogP contribution in [-0.4, -0.2) is 29.9 Å². The molecule has 3 heterocycles. The Balaban J connectivity index is 0. The summed E-state index contributed by atoms with van der Waals surface area (Å²) in [5, 5.41) is 0. The van der Waals surface area contributed by atoms with E-state index in [1.54, 1.807) is 18.9 Å². The Morgan fingerprint density at radius 1 is 0.621 bits per heavy atom. The molecular formula is C23H44N6. The summed E-state index contributed by atoms with van der Waals surface area (Å²) in [7, 11) is 0. The van der Waals surface area contributed by atoms with Crippen molar-refractivity contribution in [1.82, 2.24) is 29.9 Å². The molecule has 0 fully saturated rings. The summed E-state index contributed by atoms with van der Waals surface area (Å²) in [6.07, 6.45) is 10.8. The molecule has 0 saturated carbocycles. The number of hydrogen-bond donors (Lipinski definition) is 3. The maximum atomic E-state index is 4.13. The monoisotopic (exact) mass is 404 g/mol. The van der Waals surface area contributed by atoms with E-state index in [1.807, 2.05) is 18.6 Å². The highest BCUT2D eigenvalue weighted by atomic mass is 14.9. The molecule has 0 amide bonds. The average molecular weight is 405 g/mol. The maximum Gasteiger partial charge on any atom is 0.111 e. The fourth-order valence-electron chi connectivity index (χ4n) is 2.01. The fraction of sp³-hybridized carbons (Fsp3) is 0.609. The number of imidazole rings is 3. The molecule has 3 aromatic rings. The van der Waals surface area contributed by atoms with Gasteiger partial charge in [-0.15, -0.1) is 0 Å². The second-order valence-corrected chi connectivity index (χ2v) is 9.62. The van der Waals surface area contributed by atoms with Crippen LogP contribution in [0.2, 0.25) is 0 Å². The molecule has 0 aliphatic heterocycles. The lowest BCUT2D eigenvalue weighted by Gasteiger charge is -2.14. The van der Waals surface area contributed by atoms with Crippen LogP contribution in [0.4, 0.5) is 0 Å². The Morgan fingerprint density at radius 2 is 1.03 bits per heavy atom. The lowest BCUT2D eigenvalue weighted by Crippen LogP contribution is -2.12. The van der Waals surface area contributed by atoms with Gasteiger partial charge in [0.25, 0.3) is 0 Å². The number of aromatic amines is 3. The Hall–Kier alpha value is -2.37. The lowest BCUT2D eigenvalue weighted by atomic mass is 9.93. The molecule has 0 aliphatic rings. The average Bonchev–Trinajstić information content (AvgIpc) is 3.28. The minimum atomic E-state index is 0. The third kappa shape index (κ3) is 10.7. The van der Waals surface area contributed by atoms with Crippen molar-refractivity contribution in [2.75, 3.05) is 0 Å². The van der Waals surface area contributed by atoms with E-state index < -0.39 is 0 Å². The molecule has 166 valence electrons. The van der Waals surface area contributed by atoms with E-state index in [0.29, 0.717) is 0 Å². The lowest BCUT2D eigenvalue weighted by molar-refractivity contribution is 0.552. The van der Waals surface area contributed by atoms with Gasteiger partial charge in [0.15, 0.2) is 0 Å². The SMILES string of the molecule is C.C.CC(C)(C)c1cnc[nH]1.CC(C)(C)c1cnc[nH]1.CC(C)(C)c1ncc[nH]1. The summed E-state index contributed by atoms with van der Waals surface area (Å²) in [6, 6.07) is 0. The van der Waals surface area contributed by atoms with Crippen molar-refractivity contribution >= 4 is 0 Å². The summed E-state index contributed by atoms with van der Waals surface area (Å²) in [5.74, 6) is 1.04. The van der Waals surface area contributed by atoms with Crippen LogP contribution in [0.3, 0.4) is 0 Å². The van der Waals surface area contributed by atoms with E-state index in [2.05, 4.69) is 92.2 Å². The highest BCUT2D eigenvalue weighted by Crippen LogP contribution is 2.18. The van der Waals surface area contributed by atoms with E-state index in [9.17, 15) is 0 Å². The van der Waals surface area contributed by atoms with Gasteiger partial charge in [0.05, 0.1) is 12.7 Å². The van der Waals surface area contributed by atoms with Crippen molar-refractivity contribution in [2.24, 2.45) is 0 Å². The molecular weight excluding hydrogens is 360 g/mol. The quantitative estimate of drug-likeness (QED) is 0.405. The summed E-state index contributed by atoms with van der Waals surface area (Å²) in [4.78, 5) is 21.2. The zero-order chi connectivity index (χ0) is 20.7. The molecule has 0 aliphatic carbocycles. The minimum absolute atomic E-state index is 0. The third-order valence-corrected chi connectivity index (χ3v) is 3.82. The van der Waals surface area contributed by atoms with Crippen molar-refractivity contribution in [3.63, 3.8) is 0 Å². The largest absolute Gasteiger partial charge is 0.348 e. The van der Waals surface area contributed by atoms with Gasteiger partial charge in [0.1, 0.15) is 5.82 Å². The first kappa shape index (κ1) is 28.8. The van der Waals surface area contributed by atoms with Gasteiger partial charge < -0.3 is 15.0 Å². The summed E-state index contributed by atoms with van der Waals surface area (Å²) >= 11 is 0. The van der Waals surface area contributed by atoms with Gasteiger partial charge in [-0.1, -0.05) is 77.2 Å². The van der Waals surface area contributed by atoms with E-state index in [1.165, 1.54) is 11.4 Å². The summed E-state index contributed by atoms with van der Waals surface area (Å²) in [5.41, 5.74) is 2.93. The molecule has 6 nitrogen and oxygen atoms in total. The van der Waals surface area contributed by atoms with Crippen LogP contribution in [0.25, 0.3) is 0 Å². The van der Waals surface area contributed by atoms with Gasteiger partial charge >= 0.3 is 0 Å². The molecule has 0 spiro atoms. The van der Waals surface area contributed by atoms with Gasteiger partial charge in [-0.2, -0.15) is 0 Å². The van der Waals surface area contributed by atoms with Gasteiger partial charge in [0, 0.05) is 52.4 Å². The second-order valence-electron chi connectivity index (χ2n) is 9.62. The van der Waals surface area contributed by atoms with Crippen LogP contribution in [0, 0.1) is 0 Å². The Bertz CT molecular complexity index is 614. The molecule has 0 saturated heterocycles. The standard InChI is InChI=1S/3C7H12N2.2CH4/c2*1-7(2,3)6-4-8-5-9-6;1-7(2,3)6-8-4-5-9-6;;/h3*4-5H,1-3H3,(H,8,9);2*1H4. The first-order valence-electron chi connectivity index (χ1n) is 9.29. The van der Waals surface area contributed by atoms with Gasteiger partial charge in [-0.25, -0.2) is 15.0 Å². The normalized spacial score (nSPS) is 11.1. The predicted octanol–water partition coefficient (Wildman–Crippen LogP) is 6.39. The van der Waals surface area contributed by atoms with Gasteiger partial charge in [-0.05, 0) is 0 Å². The van der Waals surface area contributed by atoms with Crippen LogP contribution in [0.15, 0.2) is 37.4 Å². The van der Waals surface area contributed by atoms with Crippen LogP contribution < -0.4 is 0 Å². The topological polar surface area (TPSA) is 86.0 Å². The Kier molecular flexibility index (Phi) is 11.5. The zero-order valence-electron chi connectivity index (χ0n) is 18.3. The van der Waals surface area contributed by atoms with Gasteiger partial charge in [-0.3, -0.25) is 0 Å². The van der Waals surface area contributed by atoms with E-state index in [-0.39, 0.29) is 31.1 Å². The van der Waals surface area contributed by atoms with Crippen LogP contribution in [-0.2, 0) is 16.2 Å². The summed E-state index contributed by atoms with van der Waals surface area (Å²) < 4.78 is 0. The van der Waals surface area contributed by atoms with Crippen molar-refractivity contribution in [2.45, 2.75) is 93.4 Å². The molecule has 0 atom stereocenters. The molecule has 0 unspecified atom stereocenters. The molecule has 0 aromatic carbocycles. The summed E-state index contributed by atoms with van der Waals surface area (Å²) in [6.45, 7) is 19.3. The predicted molar refractivity (Wildman–Crippen MR) is 125 cm³/mol.